The van der Waals surface area contributed by atoms with E-state index in [0.29, 0.717) is 25.2 Å². The number of rotatable bonds is 3. The van der Waals surface area contributed by atoms with Gasteiger partial charge in [-0.2, -0.15) is 0 Å². The normalized spacial score (nSPS) is 17.8. The van der Waals surface area contributed by atoms with E-state index >= 15 is 0 Å². The molecule has 3 nitrogen and oxygen atoms in total. The largest absolute Gasteiger partial charge is 0.354 e. The molecule has 1 fully saturated rings. The lowest BCUT2D eigenvalue weighted by atomic mass is 9.81. The SMILES string of the molecule is CC(C)NC(=O)CC1CC(=O)C1. The van der Waals surface area contributed by atoms with Crippen molar-refractivity contribution in [2.24, 2.45) is 5.92 Å². The summed E-state index contributed by atoms with van der Waals surface area (Å²) in [5.41, 5.74) is 0. The number of ketones is 1. The Morgan fingerprint density at radius 3 is 2.58 bits per heavy atom. The summed E-state index contributed by atoms with van der Waals surface area (Å²) in [4.78, 5) is 21.7. The van der Waals surface area contributed by atoms with Gasteiger partial charge >= 0.3 is 0 Å². The summed E-state index contributed by atoms with van der Waals surface area (Å²) < 4.78 is 0. The summed E-state index contributed by atoms with van der Waals surface area (Å²) >= 11 is 0. The molecule has 0 spiro atoms. The smallest absolute Gasteiger partial charge is 0.220 e. The van der Waals surface area contributed by atoms with Crippen molar-refractivity contribution in [3.63, 3.8) is 0 Å². The highest BCUT2D eigenvalue weighted by Crippen LogP contribution is 2.25. The molecule has 0 atom stereocenters. The quantitative estimate of drug-likeness (QED) is 0.681. The van der Waals surface area contributed by atoms with Gasteiger partial charge in [-0.1, -0.05) is 0 Å². The van der Waals surface area contributed by atoms with E-state index in [2.05, 4.69) is 5.32 Å². The molecule has 0 unspecified atom stereocenters. The van der Waals surface area contributed by atoms with E-state index in [-0.39, 0.29) is 17.7 Å². The molecular weight excluding hydrogens is 154 g/mol. The van der Waals surface area contributed by atoms with Gasteiger partial charge in [-0.15, -0.1) is 0 Å². The summed E-state index contributed by atoms with van der Waals surface area (Å²) in [7, 11) is 0. The summed E-state index contributed by atoms with van der Waals surface area (Å²) in [5, 5.41) is 2.81. The molecule has 1 rings (SSSR count). The zero-order valence-electron chi connectivity index (χ0n) is 7.59. The van der Waals surface area contributed by atoms with Crippen molar-refractivity contribution in [3.8, 4) is 0 Å². The monoisotopic (exact) mass is 169 g/mol. The van der Waals surface area contributed by atoms with Crippen LogP contribution in [0.4, 0.5) is 0 Å². The Kier molecular flexibility index (Phi) is 2.84. The molecule has 0 radical (unpaired) electrons. The molecule has 0 aromatic heterocycles. The van der Waals surface area contributed by atoms with Gasteiger partial charge in [-0.3, -0.25) is 9.59 Å². The summed E-state index contributed by atoms with van der Waals surface area (Å²) in [5.74, 6) is 0.677. The lowest BCUT2D eigenvalue weighted by molar-refractivity contribution is -0.129. The Labute approximate surface area is 72.5 Å². The van der Waals surface area contributed by atoms with Gasteiger partial charge in [0.25, 0.3) is 0 Å². The average Bonchev–Trinajstić information content (AvgIpc) is 1.82. The third kappa shape index (κ3) is 2.64. The van der Waals surface area contributed by atoms with Crippen molar-refractivity contribution < 1.29 is 9.59 Å². The summed E-state index contributed by atoms with van der Waals surface area (Å²) in [6.45, 7) is 3.87. The van der Waals surface area contributed by atoms with Gasteiger partial charge in [0.05, 0.1) is 0 Å². The minimum atomic E-state index is 0.0718. The minimum absolute atomic E-state index is 0.0718. The first-order valence-corrected chi connectivity index (χ1v) is 4.39. The Bertz CT molecular complexity index is 191. The van der Waals surface area contributed by atoms with Crippen LogP contribution in [0.15, 0.2) is 0 Å². The van der Waals surface area contributed by atoms with Gasteiger partial charge in [0, 0.05) is 25.3 Å². The maximum Gasteiger partial charge on any atom is 0.220 e. The second-order valence-electron chi connectivity index (χ2n) is 3.74. The molecule has 12 heavy (non-hydrogen) atoms. The van der Waals surface area contributed by atoms with Crippen molar-refractivity contribution in [1.82, 2.24) is 5.32 Å². The number of hydrogen-bond donors (Lipinski definition) is 1. The number of amides is 1. The van der Waals surface area contributed by atoms with Gasteiger partial charge in [-0.05, 0) is 19.8 Å². The number of carbonyl (C=O) groups excluding carboxylic acids is 2. The predicted octanol–water partition coefficient (Wildman–Crippen LogP) is 0.880. The average molecular weight is 169 g/mol. The molecule has 0 aliphatic heterocycles. The molecule has 1 saturated carbocycles. The zero-order valence-corrected chi connectivity index (χ0v) is 7.59. The van der Waals surface area contributed by atoms with Crippen LogP contribution < -0.4 is 5.32 Å². The molecule has 0 heterocycles. The van der Waals surface area contributed by atoms with Crippen LogP contribution in [-0.2, 0) is 9.59 Å². The fourth-order valence-corrected chi connectivity index (χ4v) is 1.37. The van der Waals surface area contributed by atoms with Gasteiger partial charge in [0.15, 0.2) is 0 Å². The second-order valence-corrected chi connectivity index (χ2v) is 3.74. The van der Waals surface area contributed by atoms with Crippen molar-refractivity contribution >= 4 is 11.7 Å². The third-order valence-corrected chi connectivity index (χ3v) is 1.96. The van der Waals surface area contributed by atoms with Crippen LogP contribution in [0.2, 0.25) is 0 Å². The number of Topliss-reactive ketones (excluding diaryl/α,β-unsaturated/α-hetero) is 1. The van der Waals surface area contributed by atoms with E-state index in [4.69, 9.17) is 0 Å². The molecule has 1 aliphatic rings. The van der Waals surface area contributed by atoms with E-state index in [1.54, 1.807) is 0 Å². The highest BCUT2D eigenvalue weighted by molar-refractivity contribution is 5.87. The van der Waals surface area contributed by atoms with Crippen molar-refractivity contribution in [2.75, 3.05) is 0 Å². The Morgan fingerprint density at radius 1 is 1.58 bits per heavy atom. The van der Waals surface area contributed by atoms with E-state index in [0.717, 1.165) is 0 Å². The molecular formula is C9H15NO2. The van der Waals surface area contributed by atoms with E-state index in [9.17, 15) is 9.59 Å². The van der Waals surface area contributed by atoms with Crippen molar-refractivity contribution in [3.05, 3.63) is 0 Å². The lowest BCUT2D eigenvalue weighted by Crippen LogP contribution is -2.34. The van der Waals surface area contributed by atoms with Gasteiger partial charge in [-0.25, -0.2) is 0 Å². The van der Waals surface area contributed by atoms with Crippen LogP contribution in [0.25, 0.3) is 0 Å². The number of hydrogen-bond acceptors (Lipinski definition) is 2. The van der Waals surface area contributed by atoms with Crippen molar-refractivity contribution in [1.29, 1.82) is 0 Å². The highest BCUT2D eigenvalue weighted by atomic mass is 16.2. The molecule has 1 N–H and O–H groups in total. The maximum atomic E-state index is 11.1. The Morgan fingerprint density at radius 2 is 2.17 bits per heavy atom. The van der Waals surface area contributed by atoms with Crippen LogP contribution >= 0.6 is 0 Å². The first-order chi connectivity index (χ1) is 5.58. The third-order valence-electron chi connectivity index (χ3n) is 1.96. The number of nitrogens with one attached hydrogen (secondary N) is 1. The molecule has 1 aliphatic carbocycles. The van der Waals surface area contributed by atoms with Gasteiger partial charge in [0.2, 0.25) is 5.91 Å². The molecule has 0 saturated heterocycles. The lowest BCUT2D eigenvalue weighted by Gasteiger charge is -2.23. The second kappa shape index (κ2) is 3.70. The maximum absolute atomic E-state index is 11.1. The fraction of sp³-hybridized carbons (Fsp3) is 0.778. The van der Waals surface area contributed by atoms with Crippen LogP contribution in [0.5, 0.6) is 0 Å². The standard InChI is InChI=1S/C9H15NO2/c1-6(2)10-9(12)5-7-3-8(11)4-7/h6-7H,3-5H2,1-2H3,(H,10,12). The predicted molar refractivity (Wildman–Crippen MR) is 45.6 cm³/mol. The first-order valence-electron chi connectivity index (χ1n) is 4.39. The molecule has 3 heteroatoms. The Hall–Kier alpha value is -0.860. The fourth-order valence-electron chi connectivity index (χ4n) is 1.37. The van der Waals surface area contributed by atoms with Gasteiger partial charge < -0.3 is 5.32 Å². The summed E-state index contributed by atoms with van der Waals surface area (Å²) in [6.07, 6.45) is 1.72. The van der Waals surface area contributed by atoms with Crippen LogP contribution in [0.1, 0.15) is 33.1 Å². The molecule has 0 bridgehead atoms. The van der Waals surface area contributed by atoms with Crippen LogP contribution in [-0.4, -0.2) is 17.7 Å². The van der Waals surface area contributed by atoms with Gasteiger partial charge in [0.1, 0.15) is 5.78 Å². The van der Waals surface area contributed by atoms with E-state index in [1.165, 1.54) is 0 Å². The molecule has 1 amide bonds. The molecule has 0 aromatic carbocycles. The zero-order chi connectivity index (χ0) is 9.14. The summed E-state index contributed by atoms with van der Waals surface area (Å²) in [6, 6.07) is 0.202. The topological polar surface area (TPSA) is 46.2 Å². The highest BCUT2D eigenvalue weighted by Gasteiger charge is 2.28. The number of carbonyl (C=O) groups is 2. The van der Waals surface area contributed by atoms with Crippen molar-refractivity contribution in [2.45, 2.75) is 39.2 Å². The molecule has 0 aromatic rings. The van der Waals surface area contributed by atoms with Crippen LogP contribution in [0.3, 0.4) is 0 Å². The molecule has 68 valence electrons. The minimum Gasteiger partial charge on any atom is -0.354 e. The van der Waals surface area contributed by atoms with E-state index < -0.39 is 0 Å². The van der Waals surface area contributed by atoms with Crippen LogP contribution in [0, 0.1) is 5.92 Å². The van der Waals surface area contributed by atoms with E-state index in [1.807, 2.05) is 13.8 Å². The first kappa shape index (κ1) is 9.23. The Balaban J connectivity index is 2.14.